The molecule has 1 aromatic rings. The molecule has 0 aliphatic carbocycles. The van der Waals surface area contributed by atoms with E-state index in [2.05, 4.69) is 19.2 Å². The SMILES string of the molecule is CC1(C)Cc2cc(Cl)ccc2C(=CC(=O)C2CCOCC2)N1. The van der Waals surface area contributed by atoms with E-state index in [0.717, 1.165) is 35.5 Å². The van der Waals surface area contributed by atoms with Crippen molar-refractivity contribution in [1.82, 2.24) is 5.32 Å². The fourth-order valence-electron chi connectivity index (χ4n) is 3.28. The van der Waals surface area contributed by atoms with Crippen LogP contribution >= 0.6 is 11.6 Å². The number of rotatable bonds is 2. The summed E-state index contributed by atoms with van der Waals surface area (Å²) >= 11 is 6.12. The molecule has 1 N–H and O–H groups in total. The van der Waals surface area contributed by atoms with Gasteiger partial charge in [0.1, 0.15) is 0 Å². The zero-order chi connectivity index (χ0) is 15.7. The third kappa shape index (κ3) is 3.36. The molecule has 0 spiro atoms. The molecule has 1 saturated heterocycles. The summed E-state index contributed by atoms with van der Waals surface area (Å²) in [6.45, 7) is 5.66. The quantitative estimate of drug-likeness (QED) is 0.846. The van der Waals surface area contributed by atoms with Gasteiger partial charge in [-0.15, -0.1) is 0 Å². The van der Waals surface area contributed by atoms with Gasteiger partial charge in [-0.2, -0.15) is 0 Å². The largest absolute Gasteiger partial charge is 0.381 e. The summed E-state index contributed by atoms with van der Waals surface area (Å²) in [4.78, 5) is 12.6. The molecule has 3 nitrogen and oxygen atoms in total. The Morgan fingerprint density at radius 3 is 2.82 bits per heavy atom. The van der Waals surface area contributed by atoms with Crippen LogP contribution in [0.1, 0.15) is 37.8 Å². The lowest BCUT2D eigenvalue weighted by Gasteiger charge is -2.36. The third-order valence-electron chi connectivity index (χ3n) is 4.37. The van der Waals surface area contributed by atoms with Gasteiger partial charge in [-0.05, 0) is 50.8 Å². The molecule has 2 aliphatic heterocycles. The van der Waals surface area contributed by atoms with Crippen molar-refractivity contribution in [1.29, 1.82) is 0 Å². The first-order valence-corrected chi connectivity index (χ1v) is 8.23. The van der Waals surface area contributed by atoms with Crippen LogP contribution in [0.3, 0.4) is 0 Å². The summed E-state index contributed by atoms with van der Waals surface area (Å²) in [5, 5.41) is 4.25. The Morgan fingerprint density at radius 2 is 2.09 bits per heavy atom. The second-order valence-corrected chi connectivity index (χ2v) is 7.27. The molecule has 0 amide bonds. The van der Waals surface area contributed by atoms with Gasteiger partial charge < -0.3 is 10.1 Å². The lowest BCUT2D eigenvalue weighted by molar-refractivity contribution is -0.120. The van der Waals surface area contributed by atoms with Crippen LogP contribution in [0.5, 0.6) is 0 Å². The Labute approximate surface area is 136 Å². The predicted octanol–water partition coefficient (Wildman–Crippen LogP) is 3.60. The van der Waals surface area contributed by atoms with Crippen LogP contribution in [0.2, 0.25) is 5.02 Å². The van der Waals surface area contributed by atoms with Crippen molar-refractivity contribution in [2.75, 3.05) is 13.2 Å². The number of hydrogen-bond donors (Lipinski definition) is 1. The fraction of sp³-hybridized carbons (Fsp3) is 0.500. The standard InChI is InChI=1S/C18H22ClNO2/c1-18(2)11-13-9-14(19)3-4-15(13)16(20-18)10-17(21)12-5-7-22-8-6-12/h3-4,9-10,12,20H,5-8,11H2,1-2H3. The highest BCUT2D eigenvalue weighted by Crippen LogP contribution is 2.32. The number of fused-ring (bicyclic) bond motifs is 1. The van der Waals surface area contributed by atoms with Crippen LogP contribution in [0.15, 0.2) is 24.3 Å². The van der Waals surface area contributed by atoms with E-state index in [-0.39, 0.29) is 17.2 Å². The van der Waals surface area contributed by atoms with Gasteiger partial charge in [-0.25, -0.2) is 0 Å². The maximum Gasteiger partial charge on any atom is 0.161 e. The minimum absolute atomic E-state index is 0.0839. The smallest absolute Gasteiger partial charge is 0.161 e. The molecule has 22 heavy (non-hydrogen) atoms. The van der Waals surface area contributed by atoms with Crippen LogP contribution in [0.25, 0.3) is 5.70 Å². The molecule has 2 heterocycles. The average Bonchev–Trinajstić information content (AvgIpc) is 2.46. The molecular weight excluding hydrogens is 298 g/mol. The van der Waals surface area contributed by atoms with E-state index >= 15 is 0 Å². The van der Waals surface area contributed by atoms with Crippen molar-refractivity contribution in [2.24, 2.45) is 5.92 Å². The maximum absolute atomic E-state index is 12.6. The Hall–Kier alpha value is -1.32. The Kier molecular flexibility index (Phi) is 4.28. The van der Waals surface area contributed by atoms with E-state index in [0.29, 0.717) is 13.2 Å². The van der Waals surface area contributed by atoms with Crippen LogP contribution < -0.4 is 5.32 Å². The van der Waals surface area contributed by atoms with Crippen molar-refractivity contribution in [3.8, 4) is 0 Å². The molecule has 1 fully saturated rings. The van der Waals surface area contributed by atoms with Gasteiger partial charge in [-0.3, -0.25) is 4.79 Å². The number of ether oxygens (including phenoxy) is 1. The van der Waals surface area contributed by atoms with Gasteiger partial charge in [-0.1, -0.05) is 17.7 Å². The average molecular weight is 320 g/mol. The first kappa shape index (κ1) is 15.6. The van der Waals surface area contributed by atoms with Crippen LogP contribution in [-0.2, 0) is 16.0 Å². The highest BCUT2D eigenvalue weighted by atomic mass is 35.5. The highest BCUT2D eigenvalue weighted by Gasteiger charge is 2.29. The van der Waals surface area contributed by atoms with Crippen LogP contribution in [-0.4, -0.2) is 24.5 Å². The second kappa shape index (κ2) is 6.05. The molecule has 0 aromatic heterocycles. The minimum Gasteiger partial charge on any atom is -0.381 e. The fourth-order valence-corrected chi connectivity index (χ4v) is 3.47. The number of ketones is 1. The highest BCUT2D eigenvalue weighted by molar-refractivity contribution is 6.30. The first-order chi connectivity index (χ1) is 10.4. The molecule has 0 atom stereocenters. The van der Waals surface area contributed by atoms with E-state index < -0.39 is 0 Å². The Morgan fingerprint density at radius 1 is 1.36 bits per heavy atom. The first-order valence-electron chi connectivity index (χ1n) is 7.85. The lowest BCUT2D eigenvalue weighted by atomic mass is 9.85. The number of hydrogen-bond acceptors (Lipinski definition) is 3. The zero-order valence-electron chi connectivity index (χ0n) is 13.1. The summed E-state index contributed by atoms with van der Waals surface area (Å²) in [7, 11) is 0. The van der Waals surface area contributed by atoms with Crippen molar-refractivity contribution in [2.45, 2.75) is 38.6 Å². The Bertz CT molecular complexity index is 616. The molecule has 4 heteroatoms. The normalized spacial score (nSPS) is 23.0. The molecule has 0 unspecified atom stereocenters. The Balaban J connectivity index is 1.92. The summed E-state index contributed by atoms with van der Waals surface area (Å²) in [6, 6.07) is 5.89. The molecular formula is C18H22ClNO2. The monoisotopic (exact) mass is 319 g/mol. The minimum atomic E-state index is -0.0839. The molecule has 0 radical (unpaired) electrons. The summed E-state index contributed by atoms with van der Waals surface area (Å²) in [5.41, 5.74) is 3.12. The van der Waals surface area contributed by atoms with Crippen molar-refractivity contribution >= 4 is 23.1 Å². The third-order valence-corrected chi connectivity index (χ3v) is 4.61. The second-order valence-electron chi connectivity index (χ2n) is 6.83. The van der Waals surface area contributed by atoms with E-state index in [1.165, 1.54) is 5.56 Å². The maximum atomic E-state index is 12.6. The van der Waals surface area contributed by atoms with Gasteiger partial charge in [0.25, 0.3) is 0 Å². The summed E-state index contributed by atoms with van der Waals surface area (Å²) in [6.07, 6.45) is 4.31. The summed E-state index contributed by atoms with van der Waals surface area (Å²) in [5.74, 6) is 0.285. The number of benzene rings is 1. The van der Waals surface area contributed by atoms with Gasteiger partial charge in [0.2, 0.25) is 0 Å². The number of carbonyl (C=O) groups excluding carboxylic acids is 1. The molecule has 0 bridgehead atoms. The van der Waals surface area contributed by atoms with Gasteiger partial charge in [0, 0.05) is 47.0 Å². The molecule has 3 rings (SSSR count). The number of allylic oxidation sites excluding steroid dienone is 1. The lowest BCUT2D eigenvalue weighted by Crippen LogP contribution is -2.44. The van der Waals surface area contributed by atoms with E-state index in [1.54, 1.807) is 6.08 Å². The number of carbonyl (C=O) groups is 1. The topological polar surface area (TPSA) is 38.3 Å². The van der Waals surface area contributed by atoms with Gasteiger partial charge in [0.05, 0.1) is 0 Å². The predicted molar refractivity (Wildman–Crippen MR) is 88.9 cm³/mol. The van der Waals surface area contributed by atoms with E-state index in [4.69, 9.17) is 16.3 Å². The molecule has 0 saturated carbocycles. The molecule has 1 aromatic carbocycles. The number of nitrogens with one attached hydrogen (secondary N) is 1. The molecule has 2 aliphatic rings. The van der Waals surface area contributed by atoms with Gasteiger partial charge >= 0.3 is 0 Å². The van der Waals surface area contributed by atoms with Crippen molar-refractivity contribution in [3.63, 3.8) is 0 Å². The van der Waals surface area contributed by atoms with Crippen molar-refractivity contribution < 1.29 is 9.53 Å². The summed E-state index contributed by atoms with van der Waals surface area (Å²) < 4.78 is 5.34. The zero-order valence-corrected chi connectivity index (χ0v) is 13.9. The van der Waals surface area contributed by atoms with E-state index in [9.17, 15) is 4.79 Å². The molecule has 118 valence electrons. The number of halogens is 1. The van der Waals surface area contributed by atoms with Crippen molar-refractivity contribution in [3.05, 3.63) is 40.4 Å². The van der Waals surface area contributed by atoms with Crippen LogP contribution in [0.4, 0.5) is 0 Å². The van der Waals surface area contributed by atoms with Crippen LogP contribution in [0, 0.1) is 5.92 Å². The van der Waals surface area contributed by atoms with Gasteiger partial charge in [0.15, 0.2) is 5.78 Å². The van der Waals surface area contributed by atoms with E-state index in [1.807, 2.05) is 18.2 Å².